The van der Waals surface area contributed by atoms with Gasteiger partial charge in [-0.15, -0.1) is 12.4 Å². The Hall–Kier alpha value is -1.15. The smallest absolute Gasteiger partial charge is 0.351 e. The summed E-state index contributed by atoms with van der Waals surface area (Å²) in [6.07, 6.45) is -0.333. The van der Waals surface area contributed by atoms with Gasteiger partial charge >= 0.3 is 5.69 Å². The van der Waals surface area contributed by atoms with Gasteiger partial charge in [-0.1, -0.05) is 0 Å². The molecule has 1 aliphatic heterocycles. The summed E-state index contributed by atoms with van der Waals surface area (Å²) in [6, 6.07) is 1.48. The predicted molar refractivity (Wildman–Crippen MR) is 61.8 cm³/mol. The maximum absolute atomic E-state index is 11.5. The number of ether oxygens (including phenoxy) is 1. The third-order valence-corrected chi connectivity index (χ3v) is 2.55. The maximum atomic E-state index is 11.5. The van der Waals surface area contributed by atoms with Gasteiger partial charge < -0.3 is 20.7 Å². The number of hydrogen-bond acceptors (Lipinski definition) is 6. The Balaban J connectivity index is 0.00000144. The second kappa shape index (κ2) is 5.46. The van der Waals surface area contributed by atoms with Gasteiger partial charge in [-0.2, -0.15) is 4.98 Å². The lowest BCUT2D eigenvalue weighted by Crippen LogP contribution is -2.27. The number of nitrogens with zero attached hydrogens (tertiary/aromatic N) is 2. The molecule has 1 saturated heterocycles. The number of halogens is 1. The van der Waals surface area contributed by atoms with Crippen LogP contribution in [0, 0.1) is 0 Å². The standard InChI is InChI=1S/C9H13N3O4.ClH/c10-7-1-2-12(9(15)11-7)8-3-5(14)6(4-13)16-8;/h1-2,5-6,8,13-14H,3-4H2,(H2,10,11,15);1H/t5?,6-,8-;/m1./s1. The monoisotopic (exact) mass is 263 g/mol. The van der Waals surface area contributed by atoms with Gasteiger partial charge in [0, 0.05) is 12.6 Å². The molecule has 0 saturated carbocycles. The molecule has 7 nitrogen and oxygen atoms in total. The average Bonchev–Trinajstić information content (AvgIpc) is 2.59. The molecule has 17 heavy (non-hydrogen) atoms. The minimum Gasteiger partial charge on any atom is -0.394 e. The van der Waals surface area contributed by atoms with Crippen molar-refractivity contribution in [3.05, 3.63) is 22.7 Å². The van der Waals surface area contributed by atoms with Gasteiger partial charge in [-0.3, -0.25) is 4.57 Å². The van der Waals surface area contributed by atoms with E-state index in [-0.39, 0.29) is 31.3 Å². The van der Waals surface area contributed by atoms with Crippen LogP contribution in [0.15, 0.2) is 17.1 Å². The largest absolute Gasteiger partial charge is 0.394 e. The van der Waals surface area contributed by atoms with E-state index in [0.29, 0.717) is 0 Å². The topological polar surface area (TPSA) is 111 Å². The summed E-state index contributed by atoms with van der Waals surface area (Å²) in [5.74, 6) is 0.138. The summed E-state index contributed by atoms with van der Waals surface area (Å²) >= 11 is 0. The van der Waals surface area contributed by atoms with E-state index in [1.54, 1.807) is 0 Å². The Morgan fingerprint density at radius 2 is 2.35 bits per heavy atom. The lowest BCUT2D eigenvalue weighted by atomic mass is 10.2. The molecule has 8 heteroatoms. The number of aromatic nitrogens is 2. The highest BCUT2D eigenvalue weighted by molar-refractivity contribution is 5.85. The molecule has 1 fully saturated rings. The molecule has 0 aliphatic carbocycles. The zero-order valence-corrected chi connectivity index (χ0v) is 9.71. The van der Waals surface area contributed by atoms with Gasteiger partial charge in [0.05, 0.1) is 12.7 Å². The minimum atomic E-state index is -0.778. The molecular weight excluding hydrogens is 250 g/mol. The fourth-order valence-electron chi connectivity index (χ4n) is 1.70. The Morgan fingerprint density at radius 1 is 1.65 bits per heavy atom. The zero-order chi connectivity index (χ0) is 11.7. The molecule has 0 amide bonds. The van der Waals surface area contributed by atoms with Gasteiger partial charge in [0.2, 0.25) is 0 Å². The van der Waals surface area contributed by atoms with E-state index in [1.807, 2.05) is 0 Å². The Labute approximate surface area is 103 Å². The van der Waals surface area contributed by atoms with Crippen LogP contribution < -0.4 is 11.4 Å². The van der Waals surface area contributed by atoms with Crippen LogP contribution in [-0.2, 0) is 4.74 Å². The van der Waals surface area contributed by atoms with E-state index in [2.05, 4.69) is 4.98 Å². The number of aliphatic hydroxyl groups is 2. The number of hydrogen-bond donors (Lipinski definition) is 3. The molecule has 1 aliphatic rings. The van der Waals surface area contributed by atoms with Crippen LogP contribution in [0.2, 0.25) is 0 Å². The Bertz CT molecular complexity index is 438. The fraction of sp³-hybridized carbons (Fsp3) is 0.556. The Kier molecular flexibility index (Phi) is 4.47. The van der Waals surface area contributed by atoms with Crippen molar-refractivity contribution >= 4 is 18.2 Å². The van der Waals surface area contributed by atoms with Crippen LogP contribution in [0.3, 0.4) is 0 Å². The van der Waals surface area contributed by atoms with E-state index >= 15 is 0 Å². The van der Waals surface area contributed by atoms with E-state index in [1.165, 1.54) is 16.8 Å². The quantitative estimate of drug-likeness (QED) is 0.624. The van der Waals surface area contributed by atoms with Gasteiger partial charge in [-0.05, 0) is 6.07 Å². The van der Waals surface area contributed by atoms with Crippen molar-refractivity contribution in [1.29, 1.82) is 0 Å². The van der Waals surface area contributed by atoms with Gasteiger partial charge in [0.15, 0.2) is 0 Å². The van der Waals surface area contributed by atoms with Crippen LogP contribution in [-0.4, -0.2) is 38.6 Å². The predicted octanol–water partition coefficient (Wildman–Crippen LogP) is -1.11. The molecule has 1 unspecified atom stereocenters. The van der Waals surface area contributed by atoms with Crippen molar-refractivity contribution in [2.75, 3.05) is 12.3 Å². The number of nitrogens with two attached hydrogens (primary N) is 1. The first-order valence-electron chi connectivity index (χ1n) is 4.91. The summed E-state index contributed by atoms with van der Waals surface area (Å²) < 4.78 is 6.56. The lowest BCUT2D eigenvalue weighted by Gasteiger charge is -2.13. The first kappa shape index (κ1) is 13.9. The van der Waals surface area contributed by atoms with Crippen LogP contribution in [0.25, 0.3) is 0 Å². The molecule has 2 rings (SSSR count). The highest BCUT2D eigenvalue weighted by Crippen LogP contribution is 2.27. The molecule has 2 heterocycles. The molecule has 1 aromatic heterocycles. The second-order valence-electron chi connectivity index (χ2n) is 3.66. The summed E-state index contributed by atoms with van der Waals surface area (Å²) in [6.45, 7) is -0.283. The van der Waals surface area contributed by atoms with E-state index in [9.17, 15) is 9.90 Å². The van der Waals surface area contributed by atoms with Crippen molar-refractivity contribution in [2.24, 2.45) is 0 Å². The first-order chi connectivity index (χ1) is 7.61. The van der Waals surface area contributed by atoms with Crippen molar-refractivity contribution in [1.82, 2.24) is 9.55 Å². The summed E-state index contributed by atoms with van der Waals surface area (Å²) in [4.78, 5) is 15.0. The van der Waals surface area contributed by atoms with Crippen molar-refractivity contribution in [3.8, 4) is 0 Å². The first-order valence-corrected chi connectivity index (χ1v) is 4.91. The molecule has 0 aromatic carbocycles. The second-order valence-corrected chi connectivity index (χ2v) is 3.66. The van der Waals surface area contributed by atoms with Crippen molar-refractivity contribution < 1.29 is 14.9 Å². The third kappa shape index (κ3) is 2.75. The van der Waals surface area contributed by atoms with Crippen LogP contribution >= 0.6 is 12.4 Å². The normalized spacial score (nSPS) is 27.8. The SMILES string of the molecule is Cl.Nc1ccn([C@H]2CC(O)[C@@H](CO)O2)c(=O)n1. The molecule has 96 valence electrons. The van der Waals surface area contributed by atoms with Crippen molar-refractivity contribution in [2.45, 2.75) is 24.9 Å². The molecule has 1 aromatic rings. The van der Waals surface area contributed by atoms with E-state index < -0.39 is 24.1 Å². The highest BCUT2D eigenvalue weighted by atomic mass is 35.5. The minimum absolute atomic E-state index is 0. The molecule has 0 bridgehead atoms. The number of aliphatic hydroxyl groups excluding tert-OH is 2. The average molecular weight is 264 g/mol. The van der Waals surface area contributed by atoms with Gasteiger partial charge in [-0.25, -0.2) is 4.79 Å². The number of anilines is 1. The molecular formula is C9H14ClN3O4. The van der Waals surface area contributed by atoms with Gasteiger partial charge in [0.1, 0.15) is 18.1 Å². The summed E-state index contributed by atoms with van der Waals surface area (Å²) in [5.41, 5.74) is 4.82. The highest BCUT2D eigenvalue weighted by Gasteiger charge is 2.34. The molecule has 0 spiro atoms. The van der Waals surface area contributed by atoms with E-state index in [4.69, 9.17) is 15.6 Å². The third-order valence-electron chi connectivity index (χ3n) is 2.55. The van der Waals surface area contributed by atoms with Gasteiger partial charge in [0.25, 0.3) is 0 Å². The lowest BCUT2D eigenvalue weighted by molar-refractivity contribution is -0.0458. The summed E-state index contributed by atoms with van der Waals surface area (Å²) in [7, 11) is 0. The van der Waals surface area contributed by atoms with Crippen LogP contribution in [0.1, 0.15) is 12.6 Å². The zero-order valence-electron chi connectivity index (χ0n) is 8.89. The number of rotatable bonds is 2. The fourth-order valence-corrected chi connectivity index (χ4v) is 1.70. The van der Waals surface area contributed by atoms with Crippen LogP contribution in [0.5, 0.6) is 0 Å². The van der Waals surface area contributed by atoms with E-state index in [0.717, 1.165) is 0 Å². The summed E-state index contributed by atoms with van der Waals surface area (Å²) in [5, 5.41) is 18.4. The van der Waals surface area contributed by atoms with Crippen LogP contribution in [0.4, 0.5) is 5.82 Å². The number of nitrogen functional groups attached to an aromatic ring is 1. The molecule has 0 radical (unpaired) electrons. The Morgan fingerprint density at radius 3 is 2.88 bits per heavy atom. The maximum Gasteiger partial charge on any atom is 0.351 e. The van der Waals surface area contributed by atoms with Crippen molar-refractivity contribution in [3.63, 3.8) is 0 Å². The molecule has 3 atom stereocenters. The molecule has 4 N–H and O–H groups in total.